The van der Waals surface area contributed by atoms with Crippen LogP contribution in [0.3, 0.4) is 0 Å². The van der Waals surface area contributed by atoms with Crippen LogP contribution >= 0.6 is 0 Å². The molecule has 0 saturated heterocycles. The highest BCUT2D eigenvalue weighted by Gasteiger charge is 2.30. The summed E-state index contributed by atoms with van der Waals surface area (Å²) in [6.45, 7) is 2.32. The summed E-state index contributed by atoms with van der Waals surface area (Å²) in [4.78, 5) is 0. The van der Waals surface area contributed by atoms with Gasteiger partial charge in [0.05, 0.1) is 6.26 Å². The fraction of sp³-hybridized carbons (Fsp3) is 0.636. The summed E-state index contributed by atoms with van der Waals surface area (Å²) in [5, 5.41) is 0. The van der Waals surface area contributed by atoms with Crippen molar-refractivity contribution >= 4 is 0 Å². The minimum Gasteiger partial charge on any atom is -0.469 e. The molecular weight excluding hydrogens is 148 g/mol. The predicted octanol–water partition coefficient (Wildman–Crippen LogP) is 3.50. The maximum absolute atomic E-state index is 5.48. The Bertz CT molecular complexity index is 230. The zero-order valence-corrected chi connectivity index (χ0v) is 7.68. The molecule has 1 nitrogen and oxygen atoms in total. The highest BCUT2D eigenvalue weighted by molar-refractivity contribution is 5.13. The lowest BCUT2D eigenvalue weighted by atomic mass is 9.74. The zero-order valence-electron chi connectivity index (χ0n) is 7.68. The Morgan fingerprint density at radius 1 is 1.25 bits per heavy atom. The van der Waals surface area contributed by atoms with Crippen molar-refractivity contribution in [2.45, 2.75) is 44.4 Å². The highest BCUT2D eigenvalue weighted by Crippen LogP contribution is 2.38. The molecule has 1 aromatic rings. The lowest BCUT2D eigenvalue weighted by Crippen LogP contribution is -2.24. The fourth-order valence-corrected chi connectivity index (χ4v) is 2.20. The van der Waals surface area contributed by atoms with Crippen molar-refractivity contribution in [2.75, 3.05) is 0 Å². The molecule has 2 rings (SSSR count). The lowest BCUT2D eigenvalue weighted by molar-refractivity contribution is 0.267. The summed E-state index contributed by atoms with van der Waals surface area (Å²) in [6.07, 6.45) is 8.49. The van der Waals surface area contributed by atoms with Gasteiger partial charge in [0, 0.05) is 5.41 Å². The highest BCUT2D eigenvalue weighted by atomic mass is 16.3. The Hall–Kier alpha value is -0.720. The molecule has 12 heavy (non-hydrogen) atoms. The molecule has 0 aromatic carbocycles. The number of rotatable bonds is 1. The van der Waals surface area contributed by atoms with Gasteiger partial charge in [0.2, 0.25) is 0 Å². The Morgan fingerprint density at radius 2 is 2.00 bits per heavy atom. The molecule has 0 bridgehead atoms. The Morgan fingerprint density at radius 3 is 2.58 bits per heavy atom. The topological polar surface area (TPSA) is 13.1 Å². The predicted molar refractivity (Wildman–Crippen MR) is 49.1 cm³/mol. The second kappa shape index (κ2) is 2.96. The van der Waals surface area contributed by atoms with Gasteiger partial charge in [-0.15, -0.1) is 0 Å². The lowest BCUT2D eigenvalue weighted by Gasteiger charge is -2.31. The third kappa shape index (κ3) is 1.28. The standard InChI is InChI=1S/C11H16O/c1-11(7-3-2-4-8-11)10-6-5-9-12-10/h5-6,9H,2-4,7-8H2,1H3. The van der Waals surface area contributed by atoms with E-state index in [9.17, 15) is 0 Å². The maximum atomic E-state index is 5.48. The third-order valence-electron chi connectivity index (χ3n) is 3.07. The van der Waals surface area contributed by atoms with Gasteiger partial charge in [0.1, 0.15) is 5.76 Å². The maximum Gasteiger partial charge on any atom is 0.109 e. The van der Waals surface area contributed by atoms with Crippen LogP contribution < -0.4 is 0 Å². The van der Waals surface area contributed by atoms with Crippen LogP contribution in [-0.4, -0.2) is 0 Å². The largest absolute Gasteiger partial charge is 0.469 e. The van der Waals surface area contributed by atoms with E-state index in [4.69, 9.17) is 4.42 Å². The Kier molecular flexibility index (Phi) is 1.95. The molecule has 1 aliphatic rings. The SMILES string of the molecule is CC1(c2ccco2)CCCCC1. The first-order valence-electron chi connectivity index (χ1n) is 4.85. The number of furan rings is 1. The van der Waals surface area contributed by atoms with E-state index >= 15 is 0 Å². The zero-order chi connectivity index (χ0) is 8.44. The second-order valence-corrected chi connectivity index (χ2v) is 4.10. The molecule has 0 N–H and O–H groups in total. The van der Waals surface area contributed by atoms with Gasteiger partial charge in [-0.2, -0.15) is 0 Å². The molecule has 1 aromatic heterocycles. The first-order chi connectivity index (χ1) is 5.81. The normalized spacial score (nSPS) is 22.4. The van der Waals surface area contributed by atoms with Crippen LogP contribution in [0.4, 0.5) is 0 Å². The molecule has 66 valence electrons. The van der Waals surface area contributed by atoms with Crippen LogP contribution in [0.1, 0.15) is 44.8 Å². The molecule has 1 heterocycles. The molecule has 0 aliphatic heterocycles. The molecule has 0 amide bonds. The van der Waals surface area contributed by atoms with E-state index in [1.165, 1.54) is 37.9 Å². The van der Waals surface area contributed by atoms with Gasteiger partial charge < -0.3 is 4.42 Å². The van der Waals surface area contributed by atoms with E-state index in [1.807, 2.05) is 6.07 Å². The molecule has 1 aliphatic carbocycles. The van der Waals surface area contributed by atoms with E-state index in [2.05, 4.69) is 13.0 Å². The quantitative estimate of drug-likeness (QED) is 0.619. The average Bonchev–Trinajstić information content (AvgIpc) is 2.58. The van der Waals surface area contributed by atoms with Crippen LogP contribution in [0.15, 0.2) is 22.8 Å². The number of hydrogen-bond acceptors (Lipinski definition) is 1. The van der Waals surface area contributed by atoms with Crippen molar-refractivity contribution in [3.05, 3.63) is 24.2 Å². The monoisotopic (exact) mass is 164 g/mol. The van der Waals surface area contributed by atoms with Gasteiger partial charge in [-0.3, -0.25) is 0 Å². The second-order valence-electron chi connectivity index (χ2n) is 4.10. The van der Waals surface area contributed by atoms with E-state index < -0.39 is 0 Å². The smallest absolute Gasteiger partial charge is 0.109 e. The van der Waals surface area contributed by atoms with Crippen LogP contribution in [-0.2, 0) is 5.41 Å². The summed E-state index contributed by atoms with van der Waals surface area (Å²) in [6, 6.07) is 4.11. The van der Waals surface area contributed by atoms with Crippen LogP contribution in [0, 0.1) is 0 Å². The van der Waals surface area contributed by atoms with Crippen molar-refractivity contribution in [1.82, 2.24) is 0 Å². The van der Waals surface area contributed by atoms with Crippen molar-refractivity contribution in [3.8, 4) is 0 Å². The molecule has 0 spiro atoms. The van der Waals surface area contributed by atoms with Gasteiger partial charge in [-0.25, -0.2) is 0 Å². The minimum absolute atomic E-state index is 0.335. The summed E-state index contributed by atoms with van der Waals surface area (Å²) < 4.78 is 5.48. The van der Waals surface area contributed by atoms with E-state index in [0.29, 0.717) is 5.41 Å². The van der Waals surface area contributed by atoms with Gasteiger partial charge in [0.15, 0.2) is 0 Å². The van der Waals surface area contributed by atoms with Gasteiger partial charge in [-0.1, -0.05) is 26.2 Å². The molecular formula is C11H16O. The number of hydrogen-bond donors (Lipinski definition) is 0. The molecule has 1 saturated carbocycles. The van der Waals surface area contributed by atoms with E-state index in [1.54, 1.807) is 6.26 Å². The van der Waals surface area contributed by atoms with Gasteiger partial charge in [0.25, 0.3) is 0 Å². The van der Waals surface area contributed by atoms with Gasteiger partial charge in [-0.05, 0) is 25.0 Å². The van der Waals surface area contributed by atoms with Crippen LogP contribution in [0.2, 0.25) is 0 Å². The Labute approximate surface area is 73.8 Å². The first kappa shape index (κ1) is 7.90. The first-order valence-corrected chi connectivity index (χ1v) is 4.85. The van der Waals surface area contributed by atoms with Crippen molar-refractivity contribution in [1.29, 1.82) is 0 Å². The fourth-order valence-electron chi connectivity index (χ4n) is 2.20. The molecule has 0 radical (unpaired) electrons. The summed E-state index contributed by atoms with van der Waals surface area (Å²) >= 11 is 0. The molecule has 1 fully saturated rings. The third-order valence-corrected chi connectivity index (χ3v) is 3.07. The molecule has 1 heteroatoms. The molecule has 0 atom stereocenters. The van der Waals surface area contributed by atoms with Crippen molar-refractivity contribution in [3.63, 3.8) is 0 Å². The van der Waals surface area contributed by atoms with Gasteiger partial charge >= 0.3 is 0 Å². The van der Waals surface area contributed by atoms with Crippen molar-refractivity contribution in [2.24, 2.45) is 0 Å². The summed E-state index contributed by atoms with van der Waals surface area (Å²) in [5.41, 5.74) is 0.335. The van der Waals surface area contributed by atoms with E-state index in [0.717, 1.165) is 0 Å². The average molecular weight is 164 g/mol. The summed E-state index contributed by atoms with van der Waals surface area (Å²) in [5.74, 6) is 1.18. The van der Waals surface area contributed by atoms with Crippen LogP contribution in [0.5, 0.6) is 0 Å². The summed E-state index contributed by atoms with van der Waals surface area (Å²) in [7, 11) is 0. The minimum atomic E-state index is 0.335. The Balaban J connectivity index is 2.19. The molecule has 0 unspecified atom stereocenters. The van der Waals surface area contributed by atoms with Crippen molar-refractivity contribution < 1.29 is 4.42 Å². The van der Waals surface area contributed by atoms with Crippen LogP contribution in [0.25, 0.3) is 0 Å². The van der Waals surface area contributed by atoms with E-state index in [-0.39, 0.29) is 0 Å².